The first kappa shape index (κ1) is 15.1. The standard InChI is InChI=1S/C18H21ClO/c1-13-8-14(2)10-16(9-13)12-18(3,20)11-15-4-6-17(19)7-5-15/h4-10,20H,11-12H2,1-3H3. The molecule has 0 heterocycles. The van der Waals surface area contributed by atoms with E-state index < -0.39 is 5.60 Å². The van der Waals surface area contributed by atoms with Gasteiger partial charge in [0, 0.05) is 17.9 Å². The van der Waals surface area contributed by atoms with Gasteiger partial charge in [-0.05, 0) is 44.0 Å². The van der Waals surface area contributed by atoms with E-state index >= 15 is 0 Å². The highest BCUT2D eigenvalue weighted by atomic mass is 35.5. The number of hydrogen-bond donors (Lipinski definition) is 1. The molecule has 0 radical (unpaired) electrons. The van der Waals surface area contributed by atoms with E-state index in [-0.39, 0.29) is 0 Å². The summed E-state index contributed by atoms with van der Waals surface area (Å²) in [4.78, 5) is 0. The molecule has 2 heteroatoms. The highest BCUT2D eigenvalue weighted by Crippen LogP contribution is 2.21. The molecule has 0 bridgehead atoms. The third kappa shape index (κ3) is 4.36. The second-order valence-corrected chi connectivity index (χ2v) is 6.41. The minimum Gasteiger partial charge on any atom is -0.389 e. The number of aryl methyl sites for hydroxylation is 2. The minimum absolute atomic E-state index is 0.622. The van der Waals surface area contributed by atoms with Crippen molar-refractivity contribution in [2.24, 2.45) is 0 Å². The molecule has 1 N–H and O–H groups in total. The Labute approximate surface area is 126 Å². The maximum absolute atomic E-state index is 10.6. The molecule has 0 aliphatic rings. The van der Waals surface area contributed by atoms with Crippen molar-refractivity contribution < 1.29 is 5.11 Å². The molecule has 2 rings (SSSR count). The molecule has 0 spiro atoms. The van der Waals surface area contributed by atoms with Crippen LogP contribution in [0.2, 0.25) is 5.02 Å². The van der Waals surface area contributed by atoms with E-state index in [9.17, 15) is 5.11 Å². The van der Waals surface area contributed by atoms with Crippen molar-refractivity contribution in [3.05, 3.63) is 69.7 Å². The number of rotatable bonds is 4. The van der Waals surface area contributed by atoms with Crippen LogP contribution in [0.1, 0.15) is 29.2 Å². The van der Waals surface area contributed by atoms with Crippen LogP contribution in [0.4, 0.5) is 0 Å². The predicted octanol–water partition coefficient (Wildman–Crippen LogP) is 4.49. The third-order valence-electron chi connectivity index (χ3n) is 3.36. The van der Waals surface area contributed by atoms with E-state index in [1.165, 1.54) is 16.7 Å². The molecular formula is C18H21ClO. The smallest absolute Gasteiger partial charge is 0.0700 e. The predicted molar refractivity (Wildman–Crippen MR) is 85.4 cm³/mol. The molecular weight excluding hydrogens is 268 g/mol. The van der Waals surface area contributed by atoms with Crippen molar-refractivity contribution in [2.45, 2.75) is 39.2 Å². The number of halogens is 1. The maximum Gasteiger partial charge on any atom is 0.0700 e. The summed E-state index contributed by atoms with van der Waals surface area (Å²) in [7, 11) is 0. The van der Waals surface area contributed by atoms with E-state index in [1.807, 2.05) is 31.2 Å². The summed E-state index contributed by atoms with van der Waals surface area (Å²) in [6.45, 7) is 6.06. The summed E-state index contributed by atoms with van der Waals surface area (Å²) < 4.78 is 0. The van der Waals surface area contributed by atoms with Crippen molar-refractivity contribution in [3.8, 4) is 0 Å². The van der Waals surface area contributed by atoms with Crippen LogP contribution >= 0.6 is 11.6 Å². The Balaban J connectivity index is 2.12. The van der Waals surface area contributed by atoms with E-state index in [2.05, 4.69) is 32.0 Å². The van der Waals surface area contributed by atoms with Gasteiger partial charge in [0.25, 0.3) is 0 Å². The highest BCUT2D eigenvalue weighted by molar-refractivity contribution is 6.30. The number of aliphatic hydroxyl groups is 1. The van der Waals surface area contributed by atoms with E-state index in [4.69, 9.17) is 11.6 Å². The molecule has 0 aliphatic heterocycles. The summed E-state index contributed by atoms with van der Waals surface area (Å²) in [5.74, 6) is 0. The first-order valence-corrected chi connectivity index (χ1v) is 7.26. The zero-order valence-electron chi connectivity index (χ0n) is 12.3. The van der Waals surface area contributed by atoms with Crippen LogP contribution in [0.15, 0.2) is 42.5 Å². The lowest BCUT2D eigenvalue weighted by Gasteiger charge is -2.24. The zero-order valence-corrected chi connectivity index (χ0v) is 13.0. The summed E-state index contributed by atoms with van der Waals surface area (Å²) >= 11 is 5.89. The molecule has 1 atom stereocenters. The first-order valence-electron chi connectivity index (χ1n) is 6.88. The number of hydrogen-bond acceptors (Lipinski definition) is 1. The van der Waals surface area contributed by atoms with Gasteiger partial charge < -0.3 is 5.11 Å². The maximum atomic E-state index is 10.6. The van der Waals surface area contributed by atoms with Crippen molar-refractivity contribution in [3.63, 3.8) is 0 Å². The molecule has 2 aromatic rings. The first-order chi connectivity index (χ1) is 9.34. The largest absolute Gasteiger partial charge is 0.389 e. The second-order valence-electron chi connectivity index (χ2n) is 5.97. The average Bonchev–Trinajstić information content (AvgIpc) is 2.29. The fourth-order valence-electron chi connectivity index (χ4n) is 2.72. The molecule has 0 fully saturated rings. The summed E-state index contributed by atoms with van der Waals surface area (Å²) in [5.41, 5.74) is 4.00. The summed E-state index contributed by atoms with van der Waals surface area (Å²) in [6.07, 6.45) is 1.27. The van der Waals surface area contributed by atoms with Crippen LogP contribution in [0.25, 0.3) is 0 Å². The minimum atomic E-state index is -0.756. The lowest BCUT2D eigenvalue weighted by Crippen LogP contribution is -2.30. The van der Waals surface area contributed by atoms with Gasteiger partial charge in [-0.25, -0.2) is 0 Å². The fraction of sp³-hybridized carbons (Fsp3) is 0.333. The van der Waals surface area contributed by atoms with Crippen LogP contribution in [0, 0.1) is 13.8 Å². The molecule has 0 amide bonds. The van der Waals surface area contributed by atoms with Crippen molar-refractivity contribution in [2.75, 3.05) is 0 Å². The summed E-state index contributed by atoms with van der Waals surface area (Å²) in [5, 5.41) is 11.4. The molecule has 0 aliphatic carbocycles. The molecule has 2 aromatic carbocycles. The van der Waals surface area contributed by atoms with Crippen molar-refractivity contribution in [1.29, 1.82) is 0 Å². The van der Waals surface area contributed by atoms with Gasteiger partial charge in [-0.1, -0.05) is 53.1 Å². The van der Waals surface area contributed by atoms with Crippen LogP contribution in [-0.2, 0) is 12.8 Å². The Hall–Kier alpha value is -1.31. The Morgan fingerprint density at radius 1 is 0.900 bits per heavy atom. The molecule has 0 aromatic heterocycles. The molecule has 1 unspecified atom stereocenters. The Morgan fingerprint density at radius 3 is 1.95 bits per heavy atom. The van der Waals surface area contributed by atoms with Crippen molar-refractivity contribution in [1.82, 2.24) is 0 Å². The van der Waals surface area contributed by atoms with Crippen molar-refractivity contribution >= 4 is 11.6 Å². The van der Waals surface area contributed by atoms with Crippen LogP contribution in [0.3, 0.4) is 0 Å². The lowest BCUT2D eigenvalue weighted by molar-refractivity contribution is 0.0608. The van der Waals surface area contributed by atoms with Crippen LogP contribution in [-0.4, -0.2) is 10.7 Å². The highest BCUT2D eigenvalue weighted by Gasteiger charge is 2.21. The Bertz CT molecular complexity index is 565. The Kier molecular flexibility index (Phi) is 4.52. The van der Waals surface area contributed by atoms with Gasteiger partial charge in [-0.15, -0.1) is 0 Å². The second kappa shape index (κ2) is 5.99. The van der Waals surface area contributed by atoms with Crippen LogP contribution in [0.5, 0.6) is 0 Å². The molecule has 0 saturated carbocycles. The fourth-order valence-corrected chi connectivity index (χ4v) is 2.84. The normalized spacial score (nSPS) is 14.1. The van der Waals surface area contributed by atoms with Gasteiger partial charge >= 0.3 is 0 Å². The summed E-state index contributed by atoms with van der Waals surface area (Å²) in [6, 6.07) is 14.1. The molecule has 106 valence electrons. The SMILES string of the molecule is Cc1cc(C)cc(CC(C)(O)Cc2ccc(Cl)cc2)c1. The van der Waals surface area contributed by atoms with Gasteiger partial charge in [0.1, 0.15) is 0 Å². The van der Waals surface area contributed by atoms with E-state index in [0.717, 1.165) is 10.6 Å². The van der Waals surface area contributed by atoms with Gasteiger partial charge in [-0.2, -0.15) is 0 Å². The lowest BCUT2D eigenvalue weighted by atomic mass is 9.89. The van der Waals surface area contributed by atoms with Gasteiger partial charge in [0.05, 0.1) is 5.60 Å². The van der Waals surface area contributed by atoms with Crippen LogP contribution < -0.4 is 0 Å². The topological polar surface area (TPSA) is 20.2 Å². The monoisotopic (exact) mass is 288 g/mol. The molecule has 20 heavy (non-hydrogen) atoms. The zero-order chi connectivity index (χ0) is 14.8. The number of benzene rings is 2. The van der Waals surface area contributed by atoms with Gasteiger partial charge in [0.2, 0.25) is 0 Å². The van der Waals surface area contributed by atoms with Gasteiger partial charge in [0.15, 0.2) is 0 Å². The average molecular weight is 289 g/mol. The third-order valence-corrected chi connectivity index (χ3v) is 3.62. The van der Waals surface area contributed by atoms with E-state index in [0.29, 0.717) is 12.8 Å². The Morgan fingerprint density at radius 2 is 1.40 bits per heavy atom. The quantitative estimate of drug-likeness (QED) is 0.879. The van der Waals surface area contributed by atoms with E-state index in [1.54, 1.807) is 0 Å². The molecule has 1 nitrogen and oxygen atoms in total. The molecule has 0 saturated heterocycles. The van der Waals surface area contributed by atoms with Gasteiger partial charge in [-0.3, -0.25) is 0 Å².